The summed E-state index contributed by atoms with van der Waals surface area (Å²) in [6.45, 7) is 0. The monoisotopic (exact) mass is 404 g/mol. The van der Waals surface area contributed by atoms with Crippen molar-refractivity contribution in [1.82, 2.24) is 15.3 Å². The number of rotatable bonds is 5. The van der Waals surface area contributed by atoms with Crippen molar-refractivity contribution < 1.29 is 18.4 Å². The number of carbonyl (C=O) groups is 2. The number of para-hydroxylation sites is 1. The summed E-state index contributed by atoms with van der Waals surface area (Å²) in [5.41, 5.74) is 1.41. The summed E-state index contributed by atoms with van der Waals surface area (Å²) in [6.07, 6.45) is 4.57. The maximum Gasteiger partial charge on any atom is 0.313 e. The number of nitrogens with one attached hydrogen (secondary N) is 2. The smallest absolute Gasteiger partial charge is 0.313 e. The van der Waals surface area contributed by atoms with Crippen LogP contribution in [0, 0.1) is 5.82 Å². The molecule has 7 nitrogen and oxygen atoms in total. The Morgan fingerprint density at radius 3 is 2.63 bits per heavy atom. The molecule has 4 aromatic rings. The molecule has 2 aromatic heterocycles. The zero-order valence-corrected chi connectivity index (χ0v) is 15.7. The van der Waals surface area contributed by atoms with E-state index in [1.807, 2.05) is 30.3 Å². The van der Waals surface area contributed by atoms with Crippen LogP contribution >= 0.6 is 0 Å². The lowest BCUT2D eigenvalue weighted by atomic mass is 10.1. The van der Waals surface area contributed by atoms with Crippen molar-refractivity contribution in [3.8, 4) is 0 Å². The zero-order chi connectivity index (χ0) is 20.9. The number of fused-ring (bicyclic) bond motifs is 1. The number of pyridine rings is 1. The Kier molecular flexibility index (Phi) is 5.47. The summed E-state index contributed by atoms with van der Waals surface area (Å²) in [5, 5.41) is 5.64. The van der Waals surface area contributed by atoms with E-state index < -0.39 is 23.7 Å². The van der Waals surface area contributed by atoms with Gasteiger partial charge in [-0.05, 0) is 17.7 Å². The fraction of sp³-hybridized carbons (Fsp3) is 0.0909. The molecule has 1 unspecified atom stereocenters. The standard InChI is InChI=1S/C22H17FN4O3/c23-17-8-4-7-15-12-16(13-25-19(15)17)26-20(28)21(29)27-18(22-24-9-10-30-22)11-14-5-2-1-3-6-14/h1-10,12-13,18H,11H2,(H,26,28)(H,27,29). The molecular weight excluding hydrogens is 387 g/mol. The molecule has 4 rings (SSSR count). The number of nitrogens with zero attached hydrogens (tertiary/aromatic N) is 2. The topological polar surface area (TPSA) is 97.1 Å². The summed E-state index contributed by atoms with van der Waals surface area (Å²) < 4.78 is 19.1. The molecule has 0 spiro atoms. The summed E-state index contributed by atoms with van der Waals surface area (Å²) in [5.74, 6) is -1.90. The van der Waals surface area contributed by atoms with Gasteiger partial charge in [-0.15, -0.1) is 0 Å². The van der Waals surface area contributed by atoms with Crippen molar-refractivity contribution in [3.63, 3.8) is 0 Å². The molecule has 2 N–H and O–H groups in total. The maximum atomic E-state index is 13.7. The third-order valence-electron chi connectivity index (χ3n) is 4.46. The van der Waals surface area contributed by atoms with Crippen LogP contribution in [0.25, 0.3) is 10.9 Å². The number of benzene rings is 2. The maximum absolute atomic E-state index is 13.7. The minimum Gasteiger partial charge on any atom is -0.447 e. The molecular formula is C22H17FN4O3. The van der Waals surface area contributed by atoms with Gasteiger partial charge in [0.05, 0.1) is 18.1 Å². The first-order valence-corrected chi connectivity index (χ1v) is 9.19. The number of amides is 2. The number of halogens is 1. The van der Waals surface area contributed by atoms with Crippen molar-refractivity contribution in [2.75, 3.05) is 5.32 Å². The van der Waals surface area contributed by atoms with Crippen LogP contribution in [-0.4, -0.2) is 21.8 Å². The highest BCUT2D eigenvalue weighted by Gasteiger charge is 2.23. The second-order valence-corrected chi connectivity index (χ2v) is 6.58. The van der Waals surface area contributed by atoms with Crippen LogP contribution in [0.15, 0.2) is 77.7 Å². The molecule has 2 aromatic carbocycles. The first kappa shape index (κ1) is 19.3. The van der Waals surface area contributed by atoms with E-state index in [4.69, 9.17) is 4.42 Å². The summed E-state index contributed by atoms with van der Waals surface area (Å²) >= 11 is 0. The molecule has 0 saturated carbocycles. The molecule has 0 aliphatic carbocycles. The second kappa shape index (κ2) is 8.52. The lowest BCUT2D eigenvalue weighted by Gasteiger charge is -2.15. The number of hydrogen-bond donors (Lipinski definition) is 2. The minimum absolute atomic E-state index is 0.187. The molecule has 0 radical (unpaired) electrons. The van der Waals surface area contributed by atoms with Crippen molar-refractivity contribution in [3.05, 3.63) is 90.5 Å². The largest absolute Gasteiger partial charge is 0.447 e. The van der Waals surface area contributed by atoms with Gasteiger partial charge in [0, 0.05) is 11.8 Å². The first-order chi connectivity index (χ1) is 14.6. The van der Waals surface area contributed by atoms with Crippen LogP contribution in [0.1, 0.15) is 17.5 Å². The zero-order valence-electron chi connectivity index (χ0n) is 15.7. The van der Waals surface area contributed by atoms with E-state index in [0.29, 0.717) is 17.7 Å². The Hall–Kier alpha value is -4.07. The number of hydrogen-bond acceptors (Lipinski definition) is 5. The fourth-order valence-corrected chi connectivity index (χ4v) is 3.06. The van der Waals surface area contributed by atoms with E-state index in [1.165, 1.54) is 24.7 Å². The summed E-state index contributed by atoms with van der Waals surface area (Å²) in [7, 11) is 0. The Morgan fingerprint density at radius 2 is 1.87 bits per heavy atom. The van der Waals surface area contributed by atoms with Gasteiger partial charge >= 0.3 is 11.8 Å². The van der Waals surface area contributed by atoms with Gasteiger partial charge in [0.2, 0.25) is 5.89 Å². The van der Waals surface area contributed by atoms with Crippen molar-refractivity contribution >= 4 is 28.4 Å². The van der Waals surface area contributed by atoms with Gasteiger partial charge in [-0.2, -0.15) is 0 Å². The van der Waals surface area contributed by atoms with Gasteiger partial charge in [-0.25, -0.2) is 9.37 Å². The van der Waals surface area contributed by atoms with E-state index in [9.17, 15) is 14.0 Å². The Morgan fingerprint density at radius 1 is 1.03 bits per heavy atom. The van der Waals surface area contributed by atoms with Crippen LogP contribution in [-0.2, 0) is 16.0 Å². The third kappa shape index (κ3) is 4.33. The first-order valence-electron chi connectivity index (χ1n) is 9.19. The number of carbonyl (C=O) groups excluding carboxylic acids is 2. The molecule has 2 heterocycles. The van der Waals surface area contributed by atoms with Gasteiger partial charge in [0.25, 0.3) is 0 Å². The highest BCUT2D eigenvalue weighted by molar-refractivity contribution is 6.39. The number of oxazole rings is 1. The van der Waals surface area contributed by atoms with Crippen molar-refractivity contribution in [2.45, 2.75) is 12.5 Å². The van der Waals surface area contributed by atoms with Crippen LogP contribution in [0.3, 0.4) is 0 Å². The lowest BCUT2D eigenvalue weighted by molar-refractivity contribution is -0.136. The lowest BCUT2D eigenvalue weighted by Crippen LogP contribution is -2.38. The van der Waals surface area contributed by atoms with Crippen LogP contribution in [0.2, 0.25) is 0 Å². The predicted molar refractivity (Wildman–Crippen MR) is 108 cm³/mol. The molecule has 0 bridgehead atoms. The average molecular weight is 404 g/mol. The van der Waals surface area contributed by atoms with E-state index in [2.05, 4.69) is 20.6 Å². The predicted octanol–water partition coefficient (Wildman–Crippen LogP) is 3.40. The van der Waals surface area contributed by atoms with Crippen LogP contribution in [0.5, 0.6) is 0 Å². The quantitative estimate of drug-likeness (QED) is 0.497. The highest BCUT2D eigenvalue weighted by Crippen LogP contribution is 2.20. The van der Waals surface area contributed by atoms with Gasteiger partial charge in [0.15, 0.2) is 0 Å². The van der Waals surface area contributed by atoms with E-state index in [1.54, 1.807) is 18.2 Å². The van der Waals surface area contributed by atoms with E-state index in [0.717, 1.165) is 5.56 Å². The van der Waals surface area contributed by atoms with E-state index in [-0.39, 0.29) is 11.2 Å². The molecule has 0 aliphatic heterocycles. The van der Waals surface area contributed by atoms with Gasteiger partial charge in [0.1, 0.15) is 23.6 Å². The second-order valence-electron chi connectivity index (χ2n) is 6.58. The molecule has 0 aliphatic rings. The Labute approximate surface area is 171 Å². The van der Waals surface area contributed by atoms with Crippen LogP contribution < -0.4 is 10.6 Å². The number of aromatic nitrogens is 2. The molecule has 8 heteroatoms. The molecule has 0 fully saturated rings. The molecule has 150 valence electrons. The minimum atomic E-state index is -0.878. The van der Waals surface area contributed by atoms with Gasteiger partial charge < -0.3 is 15.1 Å². The molecule has 0 saturated heterocycles. The normalized spacial score (nSPS) is 11.8. The average Bonchev–Trinajstić information content (AvgIpc) is 3.29. The summed E-state index contributed by atoms with van der Waals surface area (Å²) in [6, 6.07) is 14.9. The SMILES string of the molecule is O=C(Nc1cnc2c(F)cccc2c1)C(=O)NC(Cc1ccccc1)c1ncco1. The Balaban J connectivity index is 1.47. The van der Waals surface area contributed by atoms with Gasteiger partial charge in [-0.1, -0.05) is 42.5 Å². The van der Waals surface area contributed by atoms with Crippen molar-refractivity contribution in [1.29, 1.82) is 0 Å². The third-order valence-corrected chi connectivity index (χ3v) is 4.46. The molecule has 2 amide bonds. The Bertz CT molecular complexity index is 1180. The summed E-state index contributed by atoms with van der Waals surface area (Å²) in [4.78, 5) is 33.0. The molecule has 1 atom stereocenters. The van der Waals surface area contributed by atoms with Crippen molar-refractivity contribution in [2.24, 2.45) is 0 Å². The van der Waals surface area contributed by atoms with Crippen LogP contribution in [0.4, 0.5) is 10.1 Å². The highest BCUT2D eigenvalue weighted by atomic mass is 19.1. The molecule has 30 heavy (non-hydrogen) atoms. The van der Waals surface area contributed by atoms with E-state index >= 15 is 0 Å². The van der Waals surface area contributed by atoms with Gasteiger partial charge in [-0.3, -0.25) is 14.6 Å². The number of anilines is 1. The fourth-order valence-electron chi connectivity index (χ4n) is 3.06.